The molecule has 1 aromatic rings. The van der Waals surface area contributed by atoms with Crippen molar-refractivity contribution in [3.05, 3.63) is 39.7 Å². The van der Waals surface area contributed by atoms with Gasteiger partial charge in [0.05, 0.1) is 11.3 Å². The fourth-order valence-corrected chi connectivity index (χ4v) is 1.55. The predicted molar refractivity (Wildman–Crippen MR) is 57.1 cm³/mol. The van der Waals surface area contributed by atoms with Crippen molar-refractivity contribution in [2.24, 2.45) is 5.73 Å². The molecule has 0 saturated heterocycles. The highest BCUT2D eigenvalue weighted by Crippen LogP contribution is 2.29. The molecule has 0 amide bonds. The molecule has 3 N–H and O–H groups in total. The molecule has 0 heterocycles. The van der Waals surface area contributed by atoms with Gasteiger partial charge in [0.2, 0.25) is 0 Å². The summed E-state index contributed by atoms with van der Waals surface area (Å²) < 4.78 is 13.0. The summed E-state index contributed by atoms with van der Waals surface area (Å²) in [6.07, 6.45) is -0.374. The summed E-state index contributed by atoms with van der Waals surface area (Å²) in [5, 5.41) is 19.4. The Labute approximate surface area is 96.0 Å². The Kier molecular flexibility index (Phi) is 4.11. The average molecular weight is 242 g/mol. The number of nitrogens with two attached hydrogens (primary N) is 1. The molecule has 1 atom stereocenters. The molecule has 0 aliphatic carbocycles. The molecule has 1 aromatic carbocycles. The number of aliphatic carboxylic acids is 1. The fourth-order valence-electron chi connectivity index (χ4n) is 1.55. The number of halogens is 1. The van der Waals surface area contributed by atoms with E-state index in [1.165, 1.54) is 0 Å². The zero-order chi connectivity index (χ0) is 13.0. The first kappa shape index (κ1) is 13.0. The van der Waals surface area contributed by atoms with E-state index < -0.39 is 22.6 Å². The Morgan fingerprint density at radius 1 is 1.59 bits per heavy atom. The number of carbonyl (C=O) groups is 1. The molecule has 0 bridgehead atoms. The van der Waals surface area contributed by atoms with E-state index in [4.69, 9.17) is 10.8 Å². The predicted octanol–water partition coefficient (Wildman–Crippen LogP) is 1.25. The molecule has 0 aliphatic rings. The van der Waals surface area contributed by atoms with Crippen LogP contribution < -0.4 is 5.73 Å². The van der Waals surface area contributed by atoms with Crippen molar-refractivity contribution in [1.82, 2.24) is 0 Å². The molecule has 1 unspecified atom stereocenters. The van der Waals surface area contributed by atoms with Crippen LogP contribution in [0.15, 0.2) is 18.2 Å². The van der Waals surface area contributed by atoms with Crippen molar-refractivity contribution in [3.63, 3.8) is 0 Å². The number of nitrogens with zero attached hydrogens (tertiary/aromatic N) is 1. The molecule has 0 aromatic heterocycles. The highest BCUT2D eigenvalue weighted by Gasteiger charge is 2.23. The number of carboxylic acid groups (broad SMARTS) is 1. The van der Waals surface area contributed by atoms with Crippen molar-refractivity contribution >= 4 is 11.7 Å². The van der Waals surface area contributed by atoms with E-state index >= 15 is 0 Å². The van der Waals surface area contributed by atoms with Gasteiger partial charge < -0.3 is 10.8 Å². The lowest BCUT2D eigenvalue weighted by atomic mass is 9.94. The molecule has 17 heavy (non-hydrogen) atoms. The molecular formula is C10H11FN2O4. The van der Waals surface area contributed by atoms with E-state index in [0.29, 0.717) is 0 Å². The summed E-state index contributed by atoms with van der Waals surface area (Å²) in [4.78, 5) is 20.6. The van der Waals surface area contributed by atoms with E-state index in [2.05, 4.69) is 0 Å². The Bertz CT molecular complexity index is 450. The van der Waals surface area contributed by atoms with Crippen molar-refractivity contribution in [2.45, 2.75) is 12.3 Å². The molecule has 0 spiro atoms. The van der Waals surface area contributed by atoms with Crippen molar-refractivity contribution in [3.8, 4) is 0 Å². The summed E-state index contributed by atoms with van der Waals surface area (Å²) in [7, 11) is 0. The standard InChI is InChI=1S/C10H11FN2O4/c11-7-1-2-9(13(16)17)8(4-7)6(5-12)3-10(14)15/h1-2,4,6H,3,5,12H2,(H,14,15). The number of hydrogen-bond acceptors (Lipinski definition) is 4. The smallest absolute Gasteiger partial charge is 0.304 e. The zero-order valence-electron chi connectivity index (χ0n) is 8.80. The number of nitro groups is 1. The summed E-state index contributed by atoms with van der Waals surface area (Å²) in [6, 6.07) is 2.92. The Balaban J connectivity index is 3.20. The van der Waals surface area contributed by atoms with E-state index in [1.807, 2.05) is 0 Å². The van der Waals surface area contributed by atoms with Crippen LogP contribution in [0.2, 0.25) is 0 Å². The maximum absolute atomic E-state index is 13.0. The lowest BCUT2D eigenvalue weighted by Gasteiger charge is -2.12. The molecule has 0 aliphatic heterocycles. The summed E-state index contributed by atoms with van der Waals surface area (Å²) in [5.41, 5.74) is 5.06. The number of benzene rings is 1. The molecule has 7 heteroatoms. The first-order valence-electron chi connectivity index (χ1n) is 4.81. The van der Waals surface area contributed by atoms with Crippen molar-refractivity contribution < 1.29 is 19.2 Å². The number of rotatable bonds is 5. The van der Waals surface area contributed by atoms with Gasteiger partial charge in [-0.25, -0.2) is 4.39 Å². The largest absolute Gasteiger partial charge is 0.481 e. The van der Waals surface area contributed by atoms with Gasteiger partial charge in [-0.3, -0.25) is 14.9 Å². The normalized spacial score (nSPS) is 12.1. The quantitative estimate of drug-likeness (QED) is 0.597. The first-order valence-corrected chi connectivity index (χ1v) is 4.81. The van der Waals surface area contributed by atoms with Crippen LogP contribution in [0, 0.1) is 15.9 Å². The minimum Gasteiger partial charge on any atom is -0.481 e. The minimum atomic E-state index is -1.14. The van der Waals surface area contributed by atoms with Gasteiger partial charge in [-0.2, -0.15) is 0 Å². The topological polar surface area (TPSA) is 106 Å². The maximum atomic E-state index is 13.0. The van der Waals surface area contributed by atoms with E-state index in [1.54, 1.807) is 0 Å². The molecule has 6 nitrogen and oxygen atoms in total. The molecule has 0 saturated carbocycles. The third-order valence-corrected chi connectivity index (χ3v) is 2.33. The van der Waals surface area contributed by atoms with E-state index in [-0.39, 0.29) is 24.2 Å². The minimum absolute atomic E-state index is 0.0138. The van der Waals surface area contributed by atoms with Gasteiger partial charge in [-0.15, -0.1) is 0 Å². The molecule has 92 valence electrons. The van der Waals surface area contributed by atoms with Crippen LogP contribution in [0.1, 0.15) is 17.9 Å². The van der Waals surface area contributed by atoms with Gasteiger partial charge >= 0.3 is 5.97 Å². The Morgan fingerprint density at radius 2 is 2.24 bits per heavy atom. The molecular weight excluding hydrogens is 231 g/mol. The fraction of sp³-hybridized carbons (Fsp3) is 0.300. The second-order valence-corrected chi connectivity index (χ2v) is 3.49. The van der Waals surface area contributed by atoms with Crippen molar-refractivity contribution in [1.29, 1.82) is 0 Å². The third kappa shape index (κ3) is 3.22. The van der Waals surface area contributed by atoms with E-state index in [0.717, 1.165) is 18.2 Å². The van der Waals surface area contributed by atoms with Gasteiger partial charge in [-0.1, -0.05) is 0 Å². The van der Waals surface area contributed by atoms with Crippen LogP contribution >= 0.6 is 0 Å². The third-order valence-electron chi connectivity index (χ3n) is 2.33. The summed E-state index contributed by atoms with van der Waals surface area (Å²) in [6.45, 7) is -0.101. The zero-order valence-corrected chi connectivity index (χ0v) is 8.80. The highest BCUT2D eigenvalue weighted by molar-refractivity contribution is 5.68. The van der Waals surface area contributed by atoms with Crippen LogP contribution in [0.5, 0.6) is 0 Å². The van der Waals surface area contributed by atoms with Crippen LogP contribution in [-0.2, 0) is 4.79 Å². The number of carboxylic acids is 1. The van der Waals surface area contributed by atoms with Crippen molar-refractivity contribution in [2.75, 3.05) is 6.54 Å². The molecule has 0 radical (unpaired) electrons. The van der Waals surface area contributed by atoms with Crippen LogP contribution in [0.4, 0.5) is 10.1 Å². The van der Waals surface area contributed by atoms with Gasteiger partial charge in [0.25, 0.3) is 5.69 Å². The number of hydrogen-bond donors (Lipinski definition) is 2. The van der Waals surface area contributed by atoms with E-state index in [9.17, 15) is 19.3 Å². The monoisotopic (exact) mass is 242 g/mol. The summed E-state index contributed by atoms with van der Waals surface area (Å²) in [5.74, 6) is -2.57. The second kappa shape index (κ2) is 5.35. The van der Waals surface area contributed by atoms with Gasteiger partial charge in [0.15, 0.2) is 0 Å². The van der Waals surface area contributed by atoms with Gasteiger partial charge in [0.1, 0.15) is 5.82 Å². The molecule has 0 fully saturated rings. The Morgan fingerprint density at radius 3 is 2.71 bits per heavy atom. The summed E-state index contributed by atoms with van der Waals surface area (Å²) >= 11 is 0. The Hall–Kier alpha value is -2.02. The van der Waals surface area contributed by atoms with Gasteiger partial charge in [-0.05, 0) is 12.1 Å². The van der Waals surface area contributed by atoms with Crippen LogP contribution in [0.25, 0.3) is 0 Å². The maximum Gasteiger partial charge on any atom is 0.304 e. The average Bonchev–Trinajstić information content (AvgIpc) is 2.25. The molecule has 1 rings (SSSR count). The highest BCUT2D eigenvalue weighted by atomic mass is 19.1. The lowest BCUT2D eigenvalue weighted by Crippen LogP contribution is -2.17. The van der Waals surface area contributed by atoms with Crippen LogP contribution in [0.3, 0.4) is 0 Å². The SMILES string of the molecule is NCC(CC(=O)O)c1cc(F)ccc1[N+](=O)[O-]. The van der Waals surface area contributed by atoms with Crippen LogP contribution in [-0.4, -0.2) is 22.5 Å². The first-order chi connectivity index (χ1) is 7.95. The number of nitro benzene ring substituents is 1. The second-order valence-electron chi connectivity index (χ2n) is 3.49. The van der Waals surface area contributed by atoms with Gasteiger partial charge in [0, 0.05) is 24.1 Å². The lowest BCUT2D eigenvalue weighted by molar-refractivity contribution is -0.385.